The monoisotopic (exact) mass is 429 g/mol. The second-order valence-corrected chi connectivity index (χ2v) is 4.94. The Morgan fingerprint density at radius 1 is 1.22 bits per heavy atom. The Morgan fingerprint density at radius 2 is 2.00 bits per heavy atom. The van der Waals surface area contributed by atoms with Gasteiger partial charge in [-0.3, -0.25) is 0 Å². The molecule has 0 radical (unpaired) electrons. The lowest BCUT2D eigenvalue weighted by atomic mass is 10.1. The first-order chi connectivity index (χ1) is 10.8. The van der Waals surface area contributed by atoms with Crippen LogP contribution in [0, 0.1) is 6.92 Å². The van der Waals surface area contributed by atoms with Crippen molar-refractivity contribution in [3.05, 3.63) is 47.6 Å². The predicted octanol–water partition coefficient (Wildman–Crippen LogP) is 2.68. The number of guanidine groups is 1. The van der Waals surface area contributed by atoms with Gasteiger partial charge in [-0.1, -0.05) is 35.5 Å². The molecule has 0 saturated heterocycles. The lowest BCUT2D eigenvalue weighted by Crippen LogP contribution is -2.37. The lowest BCUT2D eigenvalue weighted by molar-refractivity contribution is 0.387. The van der Waals surface area contributed by atoms with Crippen LogP contribution in [0.15, 0.2) is 39.8 Å². The number of aryl methyl sites for hydroxylation is 2. The van der Waals surface area contributed by atoms with Crippen molar-refractivity contribution in [1.29, 1.82) is 0 Å². The second kappa shape index (κ2) is 11.0. The lowest BCUT2D eigenvalue weighted by Gasteiger charge is -2.10. The third-order valence-electron chi connectivity index (χ3n) is 3.07. The summed E-state index contributed by atoms with van der Waals surface area (Å²) >= 11 is 0. The Bertz CT molecular complexity index is 585. The van der Waals surface area contributed by atoms with Gasteiger partial charge in [0.25, 0.3) is 0 Å². The molecule has 0 aliphatic carbocycles. The van der Waals surface area contributed by atoms with Crippen molar-refractivity contribution in [2.45, 2.75) is 33.2 Å². The first kappa shape index (κ1) is 19.4. The Labute approximate surface area is 154 Å². The van der Waals surface area contributed by atoms with E-state index in [4.69, 9.17) is 4.52 Å². The normalized spacial score (nSPS) is 11.0. The van der Waals surface area contributed by atoms with E-state index in [9.17, 15) is 0 Å². The largest absolute Gasteiger partial charge is 0.357 e. The molecule has 6 nitrogen and oxygen atoms in total. The molecule has 1 heterocycles. The van der Waals surface area contributed by atoms with Gasteiger partial charge in [-0.2, -0.15) is 4.98 Å². The van der Waals surface area contributed by atoms with Crippen LogP contribution in [0.25, 0.3) is 0 Å². The minimum atomic E-state index is 0. The third-order valence-corrected chi connectivity index (χ3v) is 3.07. The zero-order valence-corrected chi connectivity index (χ0v) is 15.9. The molecular weight excluding hydrogens is 405 g/mol. The Morgan fingerprint density at radius 3 is 2.65 bits per heavy atom. The molecule has 2 rings (SSSR count). The fraction of sp³-hybridized carbons (Fsp3) is 0.438. The minimum Gasteiger partial charge on any atom is -0.357 e. The molecule has 1 aromatic heterocycles. The summed E-state index contributed by atoms with van der Waals surface area (Å²) in [5.41, 5.74) is 1.36. The summed E-state index contributed by atoms with van der Waals surface area (Å²) in [5.74, 6) is 1.93. The summed E-state index contributed by atoms with van der Waals surface area (Å²) in [6.07, 6.45) is 2.10. The SMILES string of the molecule is CCNC(=NCc1noc(C)n1)NCCCc1ccccc1.I. The molecule has 0 spiro atoms. The molecule has 0 unspecified atom stereocenters. The highest BCUT2D eigenvalue weighted by atomic mass is 127. The van der Waals surface area contributed by atoms with Crippen LogP contribution < -0.4 is 10.6 Å². The van der Waals surface area contributed by atoms with Crippen LogP contribution in [0.2, 0.25) is 0 Å². The van der Waals surface area contributed by atoms with E-state index in [2.05, 4.69) is 50.0 Å². The van der Waals surface area contributed by atoms with Gasteiger partial charge in [-0.25, -0.2) is 4.99 Å². The zero-order chi connectivity index (χ0) is 15.6. The van der Waals surface area contributed by atoms with E-state index in [1.54, 1.807) is 6.92 Å². The number of halogens is 1. The standard InChI is InChI=1S/C16H23N5O.HI/c1-3-17-16(19-12-15-20-13(2)22-21-15)18-11-7-10-14-8-5-4-6-9-14;/h4-6,8-9H,3,7,10-12H2,1-2H3,(H2,17,18,19);1H. The van der Waals surface area contributed by atoms with Crippen molar-refractivity contribution in [2.24, 2.45) is 4.99 Å². The first-order valence-electron chi connectivity index (χ1n) is 7.63. The summed E-state index contributed by atoms with van der Waals surface area (Å²) in [5, 5.41) is 10.4. The van der Waals surface area contributed by atoms with Crippen LogP contribution in [-0.4, -0.2) is 29.2 Å². The number of benzene rings is 1. The number of hydrogen-bond acceptors (Lipinski definition) is 4. The number of rotatable bonds is 7. The van der Waals surface area contributed by atoms with Gasteiger partial charge in [0.2, 0.25) is 5.89 Å². The van der Waals surface area contributed by atoms with Gasteiger partial charge >= 0.3 is 0 Å². The molecule has 7 heteroatoms. The Hall–Kier alpha value is -1.64. The smallest absolute Gasteiger partial charge is 0.223 e. The van der Waals surface area contributed by atoms with Gasteiger partial charge in [0.1, 0.15) is 6.54 Å². The van der Waals surface area contributed by atoms with E-state index in [0.717, 1.165) is 31.9 Å². The second-order valence-electron chi connectivity index (χ2n) is 4.94. The minimum absolute atomic E-state index is 0. The highest BCUT2D eigenvalue weighted by molar-refractivity contribution is 14.0. The highest BCUT2D eigenvalue weighted by Gasteiger charge is 2.02. The van der Waals surface area contributed by atoms with Gasteiger partial charge in [0.15, 0.2) is 11.8 Å². The van der Waals surface area contributed by atoms with E-state index < -0.39 is 0 Å². The summed E-state index contributed by atoms with van der Waals surface area (Å²) in [7, 11) is 0. The van der Waals surface area contributed by atoms with Crippen LogP contribution in [0.4, 0.5) is 0 Å². The van der Waals surface area contributed by atoms with E-state index in [1.165, 1.54) is 5.56 Å². The molecule has 0 bridgehead atoms. The number of aromatic nitrogens is 2. The maximum absolute atomic E-state index is 4.93. The number of nitrogens with zero attached hydrogens (tertiary/aromatic N) is 3. The fourth-order valence-corrected chi connectivity index (χ4v) is 2.04. The fourth-order valence-electron chi connectivity index (χ4n) is 2.04. The predicted molar refractivity (Wildman–Crippen MR) is 102 cm³/mol. The maximum atomic E-state index is 4.93. The number of nitrogens with one attached hydrogen (secondary N) is 2. The van der Waals surface area contributed by atoms with Gasteiger partial charge in [0.05, 0.1) is 0 Å². The van der Waals surface area contributed by atoms with Crippen LogP contribution in [0.3, 0.4) is 0 Å². The maximum Gasteiger partial charge on any atom is 0.223 e. The summed E-state index contributed by atoms with van der Waals surface area (Å²) in [4.78, 5) is 8.59. The molecule has 0 aliphatic rings. The number of hydrogen-bond donors (Lipinski definition) is 2. The van der Waals surface area contributed by atoms with Crippen molar-refractivity contribution in [3.8, 4) is 0 Å². The number of aliphatic imine (C=N–C) groups is 1. The summed E-state index contributed by atoms with van der Waals surface area (Å²) in [6.45, 7) is 5.90. The quantitative estimate of drug-likeness (QED) is 0.307. The molecule has 23 heavy (non-hydrogen) atoms. The molecule has 0 aliphatic heterocycles. The van der Waals surface area contributed by atoms with E-state index in [1.807, 2.05) is 13.0 Å². The molecule has 0 saturated carbocycles. The molecule has 0 amide bonds. The van der Waals surface area contributed by atoms with Crippen LogP contribution in [0.5, 0.6) is 0 Å². The van der Waals surface area contributed by atoms with Crippen molar-refractivity contribution in [1.82, 2.24) is 20.8 Å². The topological polar surface area (TPSA) is 75.3 Å². The molecule has 2 aromatic rings. The molecule has 126 valence electrons. The van der Waals surface area contributed by atoms with Crippen molar-refractivity contribution >= 4 is 29.9 Å². The van der Waals surface area contributed by atoms with Crippen molar-refractivity contribution in [3.63, 3.8) is 0 Å². The molecule has 1 aromatic carbocycles. The molecule has 2 N–H and O–H groups in total. The van der Waals surface area contributed by atoms with Crippen molar-refractivity contribution in [2.75, 3.05) is 13.1 Å². The highest BCUT2D eigenvalue weighted by Crippen LogP contribution is 2.01. The summed E-state index contributed by atoms with van der Waals surface area (Å²) in [6, 6.07) is 10.5. The average Bonchev–Trinajstić information content (AvgIpc) is 2.95. The van der Waals surface area contributed by atoms with Gasteiger partial charge in [0, 0.05) is 20.0 Å². The van der Waals surface area contributed by atoms with Crippen LogP contribution >= 0.6 is 24.0 Å². The van der Waals surface area contributed by atoms with Gasteiger partial charge in [-0.15, -0.1) is 24.0 Å². The first-order valence-corrected chi connectivity index (χ1v) is 7.63. The van der Waals surface area contributed by atoms with Gasteiger partial charge < -0.3 is 15.2 Å². The van der Waals surface area contributed by atoms with Crippen LogP contribution in [0.1, 0.15) is 30.6 Å². The van der Waals surface area contributed by atoms with Crippen LogP contribution in [-0.2, 0) is 13.0 Å². The summed E-state index contributed by atoms with van der Waals surface area (Å²) < 4.78 is 4.93. The third kappa shape index (κ3) is 7.45. The van der Waals surface area contributed by atoms with Crippen molar-refractivity contribution < 1.29 is 4.52 Å². The molecular formula is C16H24IN5O. The molecule has 0 atom stereocenters. The zero-order valence-electron chi connectivity index (χ0n) is 13.6. The van der Waals surface area contributed by atoms with E-state index in [-0.39, 0.29) is 24.0 Å². The molecule has 0 fully saturated rings. The van der Waals surface area contributed by atoms with Gasteiger partial charge in [-0.05, 0) is 25.3 Å². The van der Waals surface area contributed by atoms with E-state index >= 15 is 0 Å². The Balaban J connectivity index is 0.00000264. The Kier molecular flexibility index (Phi) is 9.27. The van der Waals surface area contributed by atoms with E-state index in [0.29, 0.717) is 18.3 Å². The average molecular weight is 429 g/mol.